The average Bonchev–Trinajstić information content (AvgIpc) is 2.49. The average molecular weight is 253 g/mol. The Morgan fingerprint density at radius 1 is 1.32 bits per heavy atom. The number of nitrogens with zero attached hydrogens (tertiary/aromatic N) is 3. The number of nitriles is 1. The molecule has 1 atom stereocenters. The molecule has 0 aliphatic carbocycles. The standard InChI is InChI=1S/C15H15N3O/c1-3-11-5-6-14(19-2)12(9-11)13(10-16)15-17-7-4-8-18-15/h4-9,13H,3H2,1-2H3. The Morgan fingerprint density at radius 2 is 2.05 bits per heavy atom. The number of aromatic nitrogens is 2. The summed E-state index contributed by atoms with van der Waals surface area (Å²) in [5.74, 6) is 0.676. The second-order valence-corrected chi connectivity index (χ2v) is 4.10. The number of rotatable bonds is 4. The summed E-state index contributed by atoms with van der Waals surface area (Å²) >= 11 is 0. The van der Waals surface area contributed by atoms with Crippen molar-refractivity contribution in [2.45, 2.75) is 19.3 Å². The summed E-state index contributed by atoms with van der Waals surface area (Å²) in [6.45, 7) is 2.08. The van der Waals surface area contributed by atoms with Crippen LogP contribution in [0.25, 0.3) is 0 Å². The van der Waals surface area contributed by atoms with Crippen molar-refractivity contribution < 1.29 is 4.74 Å². The first-order valence-corrected chi connectivity index (χ1v) is 6.13. The molecule has 19 heavy (non-hydrogen) atoms. The minimum Gasteiger partial charge on any atom is -0.496 e. The van der Waals surface area contributed by atoms with Crippen LogP contribution in [0.5, 0.6) is 5.75 Å². The first-order chi connectivity index (χ1) is 9.30. The second kappa shape index (κ2) is 5.96. The molecule has 1 aromatic carbocycles. The van der Waals surface area contributed by atoms with Gasteiger partial charge in [0.15, 0.2) is 0 Å². The third-order valence-electron chi connectivity index (χ3n) is 2.99. The molecule has 0 fully saturated rings. The molecule has 4 heteroatoms. The smallest absolute Gasteiger partial charge is 0.149 e. The zero-order valence-corrected chi connectivity index (χ0v) is 11.0. The molecular weight excluding hydrogens is 238 g/mol. The Bertz CT molecular complexity index is 590. The van der Waals surface area contributed by atoms with E-state index in [1.165, 1.54) is 0 Å². The largest absolute Gasteiger partial charge is 0.496 e. The third kappa shape index (κ3) is 2.71. The lowest BCUT2D eigenvalue weighted by atomic mass is 9.96. The maximum absolute atomic E-state index is 9.43. The van der Waals surface area contributed by atoms with Gasteiger partial charge in [-0.15, -0.1) is 0 Å². The Labute approximate surface area is 112 Å². The van der Waals surface area contributed by atoms with Crippen molar-refractivity contribution in [1.82, 2.24) is 9.97 Å². The van der Waals surface area contributed by atoms with Crippen LogP contribution in [0.15, 0.2) is 36.7 Å². The van der Waals surface area contributed by atoms with Crippen LogP contribution in [0.3, 0.4) is 0 Å². The third-order valence-corrected chi connectivity index (χ3v) is 2.99. The van der Waals surface area contributed by atoms with Gasteiger partial charge in [0.05, 0.1) is 13.2 Å². The van der Waals surface area contributed by atoms with Crippen molar-refractivity contribution in [1.29, 1.82) is 5.26 Å². The van der Waals surface area contributed by atoms with E-state index < -0.39 is 5.92 Å². The molecule has 96 valence electrons. The Kier molecular flexibility index (Phi) is 4.09. The number of hydrogen-bond acceptors (Lipinski definition) is 4. The van der Waals surface area contributed by atoms with E-state index in [4.69, 9.17) is 4.74 Å². The number of hydrogen-bond donors (Lipinski definition) is 0. The Morgan fingerprint density at radius 3 is 2.63 bits per heavy atom. The van der Waals surface area contributed by atoms with Gasteiger partial charge in [0.25, 0.3) is 0 Å². The molecule has 0 saturated carbocycles. The van der Waals surface area contributed by atoms with Crippen molar-refractivity contribution >= 4 is 0 Å². The van der Waals surface area contributed by atoms with Crippen LogP contribution in [0.4, 0.5) is 0 Å². The van der Waals surface area contributed by atoms with Crippen molar-refractivity contribution in [3.05, 3.63) is 53.6 Å². The van der Waals surface area contributed by atoms with Crippen LogP contribution in [0.2, 0.25) is 0 Å². The van der Waals surface area contributed by atoms with Crippen LogP contribution >= 0.6 is 0 Å². The topological polar surface area (TPSA) is 58.8 Å². The SMILES string of the molecule is CCc1ccc(OC)c(C(C#N)c2ncccn2)c1. The van der Waals surface area contributed by atoms with Crippen molar-refractivity contribution in [3.63, 3.8) is 0 Å². The maximum Gasteiger partial charge on any atom is 0.149 e. The summed E-state index contributed by atoms with van der Waals surface area (Å²) in [6, 6.07) is 9.87. The van der Waals surface area contributed by atoms with Gasteiger partial charge in [-0.05, 0) is 24.1 Å². The van der Waals surface area contributed by atoms with Crippen molar-refractivity contribution in [3.8, 4) is 11.8 Å². The van der Waals surface area contributed by atoms with Crippen LogP contribution in [-0.2, 0) is 6.42 Å². The summed E-state index contributed by atoms with van der Waals surface area (Å²) in [4.78, 5) is 8.34. The molecule has 0 saturated heterocycles. The summed E-state index contributed by atoms with van der Waals surface area (Å²) in [5.41, 5.74) is 1.97. The summed E-state index contributed by atoms with van der Waals surface area (Å²) < 4.78 is 5.34. The lowest BCUT2D eigenvalue weighted by molar-refractivity contribution is 0.409. The fourth-order valence-corrected chi connectivity index (χ4v) is 1.96. The lowest BCUT2D eigenvalue weighted by Gasteiger charge is -2.13. The molecule has 0 N–H and O–H groups in total. The summed E-state index contributed by atoms with van der Waals surface area (Å²) in [5, 5.41) is 9.43. The van der Waals surface area contributed by atoms with E-state index in [0.717, 1.165) is 17.5 Å². The first-order valence-electron chi connectivity index (χ1n) is 6.13. The van der Waals surface area contributed by atoms with Gasteiger partial charge in [0, 0.05) is 18.0 Å². The van der Waals surface area contributed by atoms with Crippen LogP contribution in [0, 0.1) is 11.3 Å². The fraction of sp³-hybridized carbons (Fsp3) is 0.267. The molecular formula is C15H15N3O. The van der Waals surface area contributed by atoms with E-state index >= 15 is 0 Å². The Hall–Kier alpha value is -2.41. The molecule has 0 radical (unpaired) electrons. The van der Waals surface area contributed by atoms with Gasteiger partial charge in [-0.25, -0.2) is 9.97 Å². The molecule has 0 aliphatic rings. The molecule has 0 bridgehead atoms. The Balaban J connectivity index is 2.52. The molecule has 4 nitrogen and oxygen atoms in total. The number of aryl methyl sites for hydroxylation is 1. The highest BCUT2D eigenvalue weighted by molar-refractivity contribution is 5.45. The molecule has 1 heterocycles. The van der Waals surface area contributed by atoms with E-state index in [9.17, 15) is 5.26 Å². The molecule has 1 unspecified atom stereocenters. The van der Waals surface area contributed by atoms with Gasteiger partial charge in [-0.3, -0.25) is 0 Å². The van der Waals surface area contributed by atoms with Gasteiger partial charge in [-0.1, -0.05) is 19.1 Å². The summed E-state index contributed by atoms with van der Waals surface area (Å²) in [7, 11) is 1.60. The van der Waals surface area contributed by atoms with Gasteiger partial charge in [0.1, 0.15) is 17.5 Å². The predicted octanol–water partition coefficient (Wildman–Crippen LogP) is 2.70. The van der Waals surface area contributed by atoms with Gasteiger partial charge in [-0.2, -0.15) is 5.26 Å². The van der Waals surface area contributed by atoms with Gasteiger partial charge < -0.3 is 4.74 Å². The van der Waals surface area contributed by atoms with Crippen molar-refractivity contribution in [2.75, 3.05) is 7.11 Å². The quantitative estimate of drug-likeness (QED) is 0.840. The number of methoxy groups -OCH3 is 1. The molecule has 1 aromatic heterocycles. The number of benzene rings is 1. The van der Waals surface area contributed by atoms with Crippen LogP contribution in [-0.4, -0.2) is 17.1 Å². The van der Waals surface area contributed by atoms with Gasteiger partial charge >= 0.3 is 0 Å². The van der Waals surface area contributed by atoms with E-state index in [1.54, 1.807) is 25.6 Å². The van der Waals surface area contributed by atoms with E-state index in [-0.39, 0.29) is 0 Å². The molecule has 2 rings (SSSR count). The molecule has 2 aromatic rings. The second-order valence-electron chi connectivity index (χ2n) is 4.10. The fourth-order valence-electron chi connectivity index (χ4n) is 1.96. The van der Waals surface area contributed by atoms with Crippen LogP contribution in [0.1, 0.15) is 29.8 Å². The lowest BCUT2D eigenvalue weighted by Crippen LogP contribution is -2.06. The minimum absolute atomic E-state index is 0.497. The van der Waals surface area contributed by atoms with E-state index in [2.05, 4.69) is 23.0 Å². The molecule has 0 spiro atoms. The number of ether oxygens (including phenoxy) is 1. The maximum atomic E-state index is 9.43. The zero-order valence-electron chi connectivity index (χ0n) is 11.0. The highest BCUT2D eigenvalue weighted by Gasteiger charge is 2.20. The van der Waals surface area contributed by atoms with Crippen LogP contribution < -0.4 is 4.74 Å². The minimum atomic E-state index is -0.511. The molecule has 0 amide bonds. The predicted molar refractivity (Wildman–Crippen MR) is 71.9 cm³/mol. The van der Waals surface area contributed by atoms with E-state index in [0.29, 0.717) is 11.6 Å². The first kappa shape index (κ1) is 13.0. The summed E-state index contributed by atoms with van der Waals surface area (Å²) in [6.07, 6.45) is 4.19. The highest BCUT2D eigenvalue weighted by atomic mass is 16.5. The zero-order chi connectivity index (χ0) is 13.7. The monoisotopic (exact) mass is 253 g/mol. The molecule has 0 aliphatic heterocycles. The normalized spacial score (nSPS) is 11.6. The van der Waals surface area contributed by atoms with E-state index in [1.807, 2.05) is 18.2 Å². The van der Waals surface area contributed by atoms with Gasteiger partial charge in [0.2, 0.25) is 0 Å². The van der Waals surface area contributed by atoms with Crippen molar-refractivity contribution in [2.24, 2.45) is 0 Å². The highest BCUT2D eigenvalue weighted by Crippen LogP contribution is 2.30.